The molecule has 8 nitrogen and oxygen atoms in total. The first-order valence-corrected chi connectivity index (χ1v) is 9.20. The number of likely N-dealkylation sites (tertiary alicyclic amines) is 1. The molecule has 2 aromatic heterocycles. The predicted molar refractivity (Wildman–Crippen MR) is 103 cm³/mol. The fourth-order valence-electron chi connectivity index (χ4n) is 3.29. The minimum Gasteiger partial charge on any atom is -0.366 e. The van der Waals surface area contributed by atoms with Crippen LogP contribution in [0.25, 0.3) is 0 Å². The van der Waals surface area contributed by atoms with Crippen molar-refractivity contribution in [2.45, 2.75) is 25.8 Å². The summed E-state index contributed by atoms with van der Waals surface area (Å²) in [6, 6.07) is 2.85. The number of amides is 3. The second-order valence-electron chi connectivity index (χ2n) is 6.87. The molecular weight excluding hydrogens is 382 g/mol. The molecule has 0 bridgehead atoms. The average Bonchev–Trinajstić information content (AvgIpc) is 2.67. The molecule has 3 amide bonds. The zero-order valence-electron chi connectivity index (χ0n) is 15.3. The summed E-state index contributed by atoms with van der Waals surface area (Å²) in [5.41, 5.74) is 6.37. The summed E-state index contributed by atoms with van der Waals surface area (Å²) in [7, 11) is 0. The summed E-state index contributed by atoms with van der Waals surface area (Å²) in [6.07, 6.45) is 7.44. The van der Waals surface area contributed by atoms with E-state index in [1.165, 1.54) is 24.7 Å². The maximum atomic E-state index is 12.9. The Kier molecular flexibility index (Phi) is 5.89. The average molecular weight is 402 g/mol. The van der Waals surface area contributed by atoms with Crippen molar-refractivity contribution in [2.75, 3.05) is 11.9 Å². The van der Waals surface area contributed by atoms with E-state index in [9.17, 15) is 14.4 Å². The highest BCUT2D eigenvalue weighted by Crippen LogP contribution is 2.34. The van der Waals surface area contributed by atoms with Crippen molar-refractivity contribution in [3.05, 3.63) is 53.1 Å². The van der Waals surface area contributed by atoms with E-state index < -0.39 is 17.7 Å². The lowest BCUT2D eigenvalue weighted by Gasteiger charge is -2.38. The Morgan fingerprint density at radius 1 is 1.14 bits per heavy atom. The molecular formula is C19H20ClN5O3. The first-order valence-electron chi connectivity index (χ1n) is 8.82. The lowest BCUT2D eigenvalue weighted by molar-refractivity contribution is -0.146. The lowest BCUT2D eigenvalue weighted by Crippen LogP contribution is -2.46. The SMILES string of the molecule is C[C@@H]1CC[C@@H](c2cncc(Cl)c2)N(C(=O)C(=O)Nc2cncc(C(N)=O)c2)C1. The number of rotatable bonds is 3. The van der Waals surface area contributed by atoms with E-state index in [0.717, 1.165) is 12.0 Å². The van der Waals surface area contributed by atoms with Crippen LogP contribution in [0.1, 0.15) is 41.7 Å². The van der Waals surface area contributed by atoms with E-state index >= 15 is 0 Å². The van der Waals surface area contributed by atoms with Gasteiger partial charge in [0.1, 0.15) is 0 Å². The molecule has 1 aliphatic heterocycles. The number of hydrogen-bond acceptors (Lipinski definition) is 5. The number of pyridine rings is 2. The monoisotopic (exact) mass is 401 g/mol. The highest BCUT2D eigenvalue weighted by atomic mass is 35.5. The van der Waals surface area contributed by atoms with Crippen LogP contribution >= 0.6 is 11.6 Å². The molecule has 0 unspecified atom stereocenters. The van der Waals surface area contributed by atoms with Gasteiger partial charge >= 0.3 is 11.8 Å². The van der Waals surface area contributed by atoms with Gasteiger partial charge in [0, 0.05) is 25.1 Å². The molecule has 0 spiro atoms. The largest absolute Gasteiger partial charge is 0.366 e. The fraction of sp³-hybridized carbons (Fsp3) is 0.316. The maximum absolute atomic E-state index is 12.9. The summed E-state index contributed by atoms with van der Waals surface area (Å²) >= 11 is 6.04. The number of aromatic nitrogens is 2. The van der Waals surface area contributed by atoms with Crippen molar-refractivity contribution >= 4 is 35.0 Å². The Hall–Kier alpha value is -3.00. The van der Waals surface area contributed by atoms with Crippen molar-refractivity contribution in [1.29, 1.82) is 0 Å². The van der Waals surface area contributed by atoms with Crippen LogP contribution in [0.4, 0.5) is 5.69 Å². The van der Waals surface area contributed by atoms with E-state index in [1.54, 1.807) is 17.2 Å². The minimum atomic E-state index is -0.808. The number of nitrogens with zero attached hydrogens (tertiary/aromatic N) is 3. The van der Waals surface area contributed by atoms with Crippen LogP contribution in [-0.2, 0) is 9.59 Å². The molecule has 0 aliphatic carbocycles. The van der Waals surface area contributed by atoms with Crippen molar-refractivity contribution in [1.82, 2.24) is 14.9 Å². The molecule has 2 aromatic rings. The van der Waals surface area contributed by atoms with Gasteiger partial charge in [0.15, 0.2) is 0 Å². The number of anilines is 1. The first-order chi connectivity index (χ1) is 13.3. The first kappa shape index (κ1) is 19.8. The van der Waals surface area contributed by atoms with Crippen LogP contribution in [0.2, 0.25) is 5.02 Å². The second-order valence-corrected chi connectivity index (χ2v) is 7.31. The van der Waals surface area contributed by atoms with E-state index in [0.29, 0.717) is 18.0 Å². The van der Waals surface area contributed by atoms with Crippen molar-refractivity contribution < 1.29 is 14.4 Å². The normalized spacial score (nSPS) is 19.1. The van der Waals surface area contributed by atoms with E-state index in [2.05, 4.69) is 15.3 Å². The van der Waals surface area contributed by atoms with Gasteiger partial charge in [-0.15, -0.1) is 0 Å². The van der Waals surface area contributed by atoms with Crippen LogP contribution in [0.3, 0.4) is 0 Å². The number of primary amides is 1. The van der Waals surface area contributed by atoms with Crippen molar-refractivity contribution in [3.8, 4) is 0 Å². The zero-order valence-corrected chi connectivity index (χ0v) is 16.0. The quantitative estimate of drug-likeness (QED) is 0.764. The molecule has 0 saturated carbocycles. The van der Waals surface area contributed by atoms with Gasteiger partial charge in [-0.1, -0.05) is 18.5 Å². The number of piperidine rings is 1. The second kappa shape index (κ2) is 8.35. The number of carbonyl (C=O) groups is 3. The van der Waals surface area contributed by atoms with Gasteiger partial charge in [0.05, 0.1) is 28.5 Å². The molecule has 3 N–H and O–H groups in total. The number of halogens is 1. The molecule has 0 radical (unpaired) electrons. The Morgan fingerprint density at radius 2 is 1.89 bits per heavy atom. The molecule has 9 heteroatoms. The molecule has 2 atom stereocenters. The topological polar surface area (TPSA) is 118 Å². The number of nitrogens with two attached hydrogens (primary N) is 1. The van der Waals surface area contributed by atoms with Crippen molar-refractivity contribution in [3.63, 3.8) is 0 Å². The van der Waals surface area contributed by atoms with Gasteiger partial charge in [-0.05, 0) is 36.5 Å². The standard InChI is InChI=1S/C19H20ClN5O3/c1-11-2-3-16(12-4-14(20)8-22-6-12)25(10-11)19(28)18(27)24-15-5-13(17(21)26)7-23-9-15/h4-9,11,16H,2-3,10H2,1H3,(H2,21,26)(H,24,27)/t11-,16+/m1/s1. The van der Waals surface area contributed by atoms with Gasteiger partial charge < -0.3 is 16.0 Å². The highest BCUT2D eigenvalue weighted by molar-refractivity contribution is 6.39. The Balaban J connectivity index is 1.80. The van der Waals surface area contributed by atoms with E-state index in [4.69, 9.17) is 17.3 Å². The Labute approximate surface area is 167 Å². The van der Waals surface area contributed by atoms with E-state index in [-0.39, 0.29) is 23.2 Å². The van der Waals surface area contributed by atoms with Gasteiger partial charge in [-0.25, -0.2) is 0 Å². The molecule has 28 heavy (non-hydrogen) atoms. The highest BCUT2D eigenvalue weighted by Gasteiger charge is 2.34. The third-order valence-corrected chi connectivity index (χ3v) is 4.87. The Bertz CT molecular complexity index is 920. The van der Waals surface area contributed by atoms with Crippen LogP contribution in [0.5, 0.6) is 0 Å². The van der Waals surface area contributed by atoms with Gasteiger partial charge in [0.25, 0.3) is 0 Å². The minimum absolute atomic E-state index is 0.139. The van der Waals surface area contributed by atoms with Gasteiger partial charge in [-0.2, -0.15) is 0 Å². The molecule has 3 rings (SSSR count). The summed E-state index contributed by atoms with van der Waals surface area (Å²) in [4.78, 5) is 46.2. The molecule has 1 saturated heterocycles. The number of nitrogens with one attached hydrogen (secondary N) is 1. The fourth-order valence-corrected chi connectivity index (χ4v) is 3.47. The molecule has 3 heterocycles. The van der Waals surface area contributed by atoms with Crippen LogP contribution < -0.4 is 11.1 Å². The van der Waals surface area contributed by atoms with Crippen molar-refractivity contribution in [2.24, 2.45) is 11.7 Å². The summed E-state index contributed by atoms with van der Waals surface area (Å²) < 4.78 is 0. The zero-order chi connectivity index (χ0) is 20.3. The molecule has 1 fully saturated rings. The van der Waals surface area contributed by atoms with E-state index in [1.807, 2.05) is 6.92 Å². The molecule has 1 aliphatic rings. The molecule has 0 aromatic carbocycles. The summed E-state index contributed by atoms with van der Waals surface area (Å²) in [5.74, 6) is -1.88. The molecule has 146 valence electrons. The number of hydrogen-bond donors (Lipinski definition) is 2. The smallest absolute Gasteiger partial charge is 0.313 e. The predicted octanol–water partition coefficient (Wildman–Crippen LogP) is 2.17. The van der Waals surface area contributed by atoms with Crippen LogP contribution in [0.15, 0.2) is 36.9 Å². The van der Waals surface area contributed by atoms with Crippen LogP contribution in [-0.4, -0.2) is 39.1 Å². The summed E-state index contributed by atoms with van der Waals surface area (Å²) in [5, 5.41) is 2.96. The summed E-state index contributed by atoms with van der Waals surface area (Å²) in [6.45, 7) is 2.48. The number of carbonyl (C=O) groups excluding carboxylic acids is 3. The lowest BCUT2D eigenvalue weighted by atomic mass is 9.90. The maximum Gasteiger partial charge on any atom is 0.313 e. The third-order valence-electron chi connectivity index (χ3n) is 4.66. The van der Waals surface area contributed by atoms with Crippen LogP contribution in [0, 0.1) is 5.92 Å². The third kappa shape index (κ3) is 4.45. The van der Waals surface area contributed by atoms with Gasteiger partial charge in [0.2, 0.25) is 5.91 Å². The van der Waals surface area contributed by atoms with Gasteiger partial charge in [-0.3, -0.25) is 24.4 Å². The Morgan fingerprint density at radius 3 is 2.61 bits per heavy atom.